The molecule has 0 radical (unpaired) electrons. The second kappa shape index (κ2) is 8.13. The lowest BCUT2D eigenvalue weighted by Gasteiger charge is -2.09. The fourth-order valence-electron chi connectivity index (χ4n) is 2.09. The largest absolute Gasteiger partial charge is 0.497 e. The molecule has 0 aliphatic heterocycles. The topological polar surface area (TPSA) is 64.1 Å². The van der Waals surface area contributed by atoms with Crippen molar-refractivity contribution in [3.63, 3.8) is 0 Å². The summed E-state index contributed by atoms with van der Waals surface area (Å²) in [6, 6.07) is 17.4. The van der Waals surface area contributed by atoms with Gasteiger partial charge < -0.3 is 4.74 Å². The number of thioether (sulfide) groups is 1. The van der Waals surface area contributed by atoms with Crippen LogP contribution in [-0.2, 0) is 4.79 Å². The second-order valence-corrected chi connectivity index (χ2v) is 7.59. The maximum absolute atomic E-state index is 12.3. The number of carbonyl (C=O) groups is 1. The van der Waals surface area contributed by atoms with Gasteiger partial charge in [0.15, 0.2) is 0 Å². The summed E-state index contributed by atoms with van der Waals surface area (Å²) in [6.45, 7) is 1.87. The van der Waals surface area contributed by atoms with Gasteiger partial charge in [-0.3, -0.25) is 10.1 Å². The minimum Gasteiger partial charge on any atom is -0.497 e. The molecule has 25 heavy (non-hydrogen) atoms. The van der Waals surface area contributed by atoms with Crippen molar-refractivity contribution >= 4 is 34.1 Å². The molecule has 1 amide bonds. The van der Waals surface area contributed by atoms with Crippen LogP contribution >= 0.6 is 23.1 Å². The van der Waals surface area contributed by atoms with Crippen LogP contribution in [0.3, 0.4) is 0 Å². The zero-order valence-corrected chi connectivity index (χ0v) is 15.4. The van der Waals surface area contributed by atoms with E-state index in [1.807, 2.05) is 61.5 Å². The first-order chi connectivity index (χ1) is 12.2. The first kappa shape index (κ1) is 17.4. The van der Waals surface area contributed by atoms with Crippen LogP contribution < -0.4 is 10.1 Å². The van der Waals surface area contributed by atoms with Crippen molar-refractivity contribution in [2.45, 2.75) is 17.1 Å². The molecule has 1 N–H and O–H groups in total. The van der Waals surface area contributed by atoms with Crippen molar-refractivity contribution < 1.29 is 9.53 Å². The van der Waals surface area contributed by atoms with Gasteiger partial charge in [-0.15, -0.1) is 22.0 Å². The Morgan fingerprint density at radius 3 is 2.52 bits per heavy atom. The number of carbonyl (C=O) groups excluding carboxylic acids is 1. The van der Waals surface area contributed by atoms with Gasteiger partial charge in [0.2, 0.25) is 11.0 Å². The number of ether oxygens (including phenoxy) is 1. The van der Waals surface area contributed by atoms with Gasteiger partial charge >= 0.3 is 0 Å². The van der Waals surface area contributed by atoms with Crippen LogP contribution in [0.25, 0.3) is 10.6 Å². The van der Waals surface area contributed by atoms with Crippen LogP contribution in [0, 0.1) is 0 Å². The molecule has 0 spiro atoms. The normalized spacial score (nSPS) is 11.8. The number of nitrogens with zero attached hydrogens (tertiary/aromatic N) is 2. The van der Waals surface area contributed by atoms with Gasteiger partial charge in [-0.2, -0.15) is 0 Å². The van der Waals surface area contributed by atoms with E-state index in [4.69, 9.17) is 4.74 Å². The van der Waals surface area contributed by atoms with E-state index in [0.29, 0.717) is 5.13 Å². The fraction of sp³-hybridized carbons (Fsp3) is 0.167. The average molecular weight is 371 g/mol. The molecule has 0 aliphatic carbocycles. The van der Waals surface area contributed by atoms with E-state index in [0.717, 1.165) is 21.2 Å². The minimum atomic E-state index is -0.226. The number of nitrogens with one attached hydrogen (secondary N) is 1. The van der Waals surface area contributed by atoms with Crippen LogP contribution in [0.15, 0.2) is 59.5 Å². The molecule has 0 unspecified atom stereocenters. The Labute approximate surface area is 154 Å². The molecule has 7 heteroatoms. The predicted octanol–water partition coefficient (Wildman–Crippen LogP) is 4.33. The Hall–Kier alpha value is -2.38. The average Bonchev–Trinajstić information content (AvgIpc) is 3.11. The Balaban J connectivity index is 1.63. The zero-order chi connectivity index (χ0) is 17.6. The van der Waals surface area contributed by atoms with Crippen LogP contribution in [-0.4, -0.2) is 28.5 Å². The number of aromatic nitrogens is 2. The van der Waals surface area contributed by atoms with Crippen molar-refractivity contribution in [3.8, 4) is 16.3 Å². The monoisotopic (exact) mass is 371 g/mol. The number of benzene rings is 2. The van der Waals surface area contributed by atoms with E-state index in [9.17, 15) is 4.79 Å². The highest BCUT2D eigenvalue weighted by Crippen LogP contribution is 2.29. The molecule has 1 aromatic heterocycles. The smallest absolute Gasteiger partial charge is 0.239 e. The highest BCUT2D eigenvalue weighted by Gasteiger charge is 2.17. The minimum absolute atomic E-state index is 0.0914. The lowest BCUT2D eigenvalue weighted by atomic mass is 10.2. The maximum Gasteiger partial charge on any atom is 0.239 e. The number of hydrogen-bond acceptors (Lipinski definition) is 6. The predicted molar refractivity (Wildman–Crippen MR) is 102 cm³/mol. The third-order valence-electron chi connectivity index (χ3n) is 3.42. The van der Waals surface area contributed by atoms with Gasteiger partial charge in [0.05, 0.1) is 12.4 Å². The van der Waals surface area contributed by atoms with E-state index < -0.39 is 0 Å². The van der Waals surface area contributed by atoms with E-state index >= 15 is 0 Å². The number of rotatable bonds is 6. The quantitative estimate of drug-likeness (QED) is 0.653. The van der Waals surface area contributed by atoms with Crippen LogP contribution in [0.2, 0.25) is 0 Å². The molecule has 128 valence electrons. The number of methoxy groups -OCH3 is 1. The summed E-state index contributed by atoms with van der Waals surface area (Å²) in [5.74, 6) is 0.694. The van der Waals surface area contributed by atoms with Gasteiger partial charge in [0.1, 0.15) is 10.8 Å². The highest BCUT2D eigenvalue weighted by molar-refractivity contribution is 8.00. The van der Waals surface area contributed by atoms with Crippen molar-refractivity contribution in [3.05, 3.63) is 54.6 Å². The van der Waals surface area contributed by atoms with Crippen molar-refractivity contribution in [1.29, 1.82) is 0 Å². The third-order valence-corrected chi connectivity index (χ3v) is 5.42. The van der Waals surface area contributed by atoms with Crippen molar-refractivity contribution in [2.24, 2.45) is 0 Å². The molecule has 3 rings (SSSR count). The highest BCUT2D eigenvalue weighted by atomic mass is 32.2. The van der Waals surface area contributed by atoms with E-state index in [1.54, 1.807) is 7.11 Å². The van der Waals surface area contributed by atoms with Crippen molar-refractivity contribution in [2.75, 3.05) is 12.4 Å². The van der Waals surface area contributed by atoms with Gasteiger partial charge in [0.25, 0.3) is 0 Å². The summed E-state index contributed by atoms with van der Waals surface area (Å²) >= 11 is 2.86. The number of hydrogen-bond donors (Lipinski definition) is 1. The first-order valence-electron chi connectivity index (χ1n) is 7.66. The van der Waals surface area contributed by atoms with Gasteiger partial charge in [0, 0.05) is 10.5 Å². The Morgan fingerprint density at radius 2 is 1.84 bits per heavy atom. The molecule has 5 nitrogen and oxygen atoms in total. The first-order valence-corrected chi connectivity index (χ1v) is 9.36. The summed E-state index contributed by atoms with van der Waals surface area (Å²) in [7, 11) is 1.63. The molecular formula is C18H17N3O2S2. The SMILES string of the molecule is COc1ccc(-c2nnc(NC(=O)[C@@H](C)Sc3ccccc3)s2)cc1. The molecule has 0 saturated heterocycles. The molecule has 0 saturated carbocycles. The molecule has 1 heterocycles. The standard InChI is InChI=1S/C18H17N3O2S2/c1-12(24-15-6-4-3-5-7-15)16(22)19-18-21-20-17(25-18)13-8-10-14(23-2)11-9-13/h3-12H,1-2H3,(H,19,21,22)/t12-/m1/s1. The molecule has 0 aliphatic rings. The molecule has 0 bridgehead atoms. The second-order valence-electron chi connectivity index (χ2n) is 5.20. The Morgan fingerprint density at radius 1 is 1.12 bits per heavy atom. The summed E-state index contributed by atoms with van der Waals surface area (Å²) < 4.78 is 5.15. The lowest BCUT2D eigenvalue weighted by molar-refractivity contribution is -0.115. The van der Waals surface area contributed by atoms with Crippen LogP contribution in [0.4, 0.5) is 5.13 Å². The van der Waals surface area contributed by atoms with Gasteiger partial charge in [-0.1, -0.05) is 29.5 Å². The lowest BCUT2D eigenvalue weighted by Crippen LogP contribution is -2.22. The Kier molecular flexibility index (Phi) is 5.67. The zero-order valence-electron chi connectivity index (χ0n) is 13.8. The summed E-state index contributed by atoms with van der Waals surface area (Å²) in [5.41, 5.74) is 0.936. The molecule has 3 aromatic rings. The molecule has 1 atom stereocenters. The van der Waals surface area contributed by atoms with Crippen LogP contribution in [0.5, 0.6) is 5.75 Å². The van der Waals surface area contributed by atoms with E-state index in [-0.39, 0.29) is 11.2 Å². The third kappa shape index (κ3) is 4.58. The molecular weight excluding hydrogens is 354 g/mol. The van der Waals surface area contributed by atoms with Crippen molar-refractivity contribution in [1.82, 2.24) is 10.2 Å². The van der Waals surface area contributed by atoms with Gasteiger partial charge in [-0.05, 0) is 43.3 Å². The maximum atomic E-state index is 12.3. The van der Waals surface area contributed by atoms with Gasteiger partial charge in [-0.25, -0.2) is 0 Å². The van der Waals surface area contributed by atoms with E-state index in [2.05, 4.69) is 15.5 Å². The van der Waals surface area contributed by atoms with E-state index in [1.165, 1.54) is 23.1 Å². The number of amides is 1. The summed E-state index contributed by atoms with van der Waals surface area (Å²) in [6.07, 6.45) is 0. The Bertz CT molecular complexity index is 835. The molecule has 0 fully saturated rings. The number of anilines is 1. The summed E-state index contributed by atoms with van der Waals surface area (Å²) in [4.78, 5) is 13.4. The summed E-state index contributed by atoms with van der Waals surface area (Å²) in [5, 5.41) is 12.1. The molecule has 2 aromatic carbocycles. The van der Waals surface area contributed by atoms with Crippen LogP contribution in [0.1, 0.15) is 6.92 Å². The fourth-order valence-corrected chi connectivity index (χ4v) is 3.73.